The third kappa shape index (κ3) is 5.02. The first-order valence-electron chi connectivity index (χ1n) is 8.25. The number of methoxy groups -OCH3 is 1. The SMILES string of the molecule is COc1ccc(Cc2nnc(SCC(=O)Nc3ccccc3Cl)n2C)cc1. The molecule has 0 fully saturated rings. The molecule has 0 bridgehead atoms. The van der Waals surface area contributed by atoms with E-state index in [1.165, 1.54) is 11.8 Å². The zero-order valence-corrected chi connectivity index (χ0v) is 16.5. The lowest BCUT2D eigenvalue weighted by Gasteiger charge is -2.07. The van der Waals surface area contributed by atoms with Crippen molar-refractivity contribution in [1.82, 2.24) is 14.8 Å². The number of amides is 1. The highest BCUT2D eigenvalue weighted by Gasteiger charge is 2.13. The van der Waals surface area contributed by atoms with Gasteiger partial charge in [0.2, 0.25) is 5.91 Å². The summed E-state index contributed by atoms with van der Waals surface area (Å²) in [7, 11) is 3.54. The van der Waals surface area contributed by atoms with Crippen LogP contribution in [0.2, 0.25) is 5.02 Å². The van der Waals surface area contributed by atoms with Gasteiger partial charge >= 0.3 is 0 Å². The van der Waals surface area contributed by atoms with Gasteiger partial charge < -0.3 is 14.6 Å². The van der Waals surface area contributed by atoms with Gasteiger partial charge in [0.15, 0.2) is 5.16 Å². The van der Waals surface area contributed by atoms with E-state index in [-0.39, 0.29) is 11.7 Å². The van der Waals surface area contributed by atoms with E-state index in [4.69, 9.17) is 16.3 Å². The molecule has 6 nitrogen and oxygen atoms in total. The summed E-state index contributed by atoms with van der Waals surface area (Å²) in [4.78, 5) is 12.1. The van der Waals surface area contributed by atoms with Crippen LogP contribution in [-0.2, 0) is 18.3 Å². The Balaban J connectivity index is 1.58. The van der Waals surface area contributed by atoms with Gasteiger partial charge in [0.25, 0.3) is 0 Å². The number of anilines is 1. The second-order valence-corrected chi connectivity index (χ2v) is 7.15. The lowest BCUT2D eigenvalue weighted by Crippen LogP contribution is -2.14. The molecule has 0 unspecified atom stereocenters. The molecule has 1 heterocycles. The van der Waals surface area contributed by atoms with Crippen LogP contribution >= 0.6 is 23.4 Å². The number of carbonyl (C=O) groups is 1. The number of carbonyl (C=O) groups excluding carboxylic acids is 1. The minimum absolute atomic E-state index is 0.146. The molecule has 3 aromatic rings. The van der Waals surface area contributed by atoms with E-state index >= 15 is 0 Å². The summed E-state index contributed by atoms with van der Waals surface area (Å²) < 4.78 is 7.07. The van der Waals surface area contributed by atoms with Crippen LogP contribution in [0.5, 0.6) is 5.75 Å². The predicted molar refractivity (Wildman–Crippen MR) is 108 cm³/mol. The van der Waals surface area contributed by atoms with Gasteiger partial charge in [0.1, 0.15) is 11.6 Å². The largest absolute Gasteiger partial charge is 0.497 e. The van der Waals surface area contributed by atoms with Crippen LogP contribution in [0, 0.1) is 0 Å². The van der Waals surface area contributed by atoms with Crippen LogP contribution in [0.15, 0.2) is 53.7 Å². The quantitative estimate of drug-likeness (QED) is 0.609. The Morgan fingerprint density at radius 3 is 2.63 bits per heavy atom. The van der Waals surface area contributed by atoms with Gasteiger partial charge in [0, 0.05) is 13.5 Å². The van der Waals surface area contributed by atoms with E-state index in [0.29, 0.717) is 22.3 Å². The van der Waals surface area contributed by atoms with Crippen molar-refractivity contribution in [1.29, 1.82) is 0 Å². The van der Waals surface area contributed by atoms with Gasteiger partial charge in [-0.1, -0.05) is 47.6 Å². The maximum Gasteiger partial charge on any atom is 0.234 e. The highest BCUT2D eigenvalue weighted by atomic mass is 35.5. The number of thioether (sulfide) groups is 1. The summed E-state index contributed by atoms with van der Waals surface area (Å²) >= 11 is 7.39. The summed E-state index contributed by atoms with van der Waals surface area (Å²) in [6, 6.07) is 15.0. The standard InChI is InChI=1S/C19H19ClN4O2S/c1-24-17(11-13-7-9-14(26-2)10-8-13)22-23-19(24)27-12-18(25)21-16-6-4-3-5-15(16)20/h3-10H,11-12H2,1-2H3,(H,21,25). The first-order chi connectivity index (χ1) is 13.1. The summed E-state index contributed by atoms with van der Waals surface area (Å²) in [6.45, 7) is 0. The van der Waals surface area contributed by atoms with Crippen LogP contribution in [0.1, 0.15) is 11.4 Å². The molecule has 0 saturated heterocycles. The molecule has 0 spiro atoms. The molecule has 0 aliphatic carbocycles. The van der Waals surface area contributed by atoms with E-state index in [9.17, 15) is 4.79 Å². The van der Waals surface area contributed by atoms with Gasteiger partial charge in [-0.2, -0.15) is 0 Å². The average molecular weight is 403 g/mol. The first kappa shape index (κ1) is 19.3. The molecule has 27 heavy (non-hydrogen) atoms. The maximum absolute atomic E-state index is 12.1. The minimum atomic E-state index is -0.146. The van der Waals surface area contributed by atoms with Crippen LogP contribution in [-0.4, -0.2) is 33.5 Å². The zero-order valence-electron chi connectivity index (χ0n) is 15.0. The Bertz CT molecular complexity index is 928. The Hall–Kier alpha value is -2.51. The predicted octanol–water partition coefficient (Wildman–Crippen LogP) is 3.80. The molecular weight excluding hydrogens is 384 g/mol. The number of halogens is 1. The number of para-hydroxylation sites is 1. The molecule has 8 heteroatoms. The second kappa shape index (κ2) is 8.92. The van der Waals surface area contributed by atoms with Gasteiger partial charge in [0.05, 0.1) is 23.6 Å². The number of benzene rings is 2. The zero-order chi connectivity index (χ0) is 19.2. The molecule has 0 aliphatic heterocycles. The molecule has 1 aromatic heterocycles. The number of hydrogen-bond donors (Lipinski definition) is 1. The summed E-state index contributed by atoms with van der Waals surface area (Å²) in [5, 5.41) is 12.4. The van der Waals surface area contributed by atoms with Crippen molar-refractivity contribution in [3.05, 3.63) is 64.9 Å². The van der Waals surface area contributed by atoms with Gasteiger partial charge in [-0.25, -0.2) is 0 Å². The highest BCUT2D eigenvalue weighted by molar-refractivity contribution is 7.99. The third-order valence-electron chi connectivity index (χ3n) is 3.93. The Morgan fingerprint density at radius 1 is 1.19 bits per heavy atom. The minimum Gasteiger partial charge on any atom is -0.497 e. The van der Waals surface area contributed by atoms with Crippen molar-refractivity contribution in [2.24, 2.45) is 7.05 Å². The fourth-order valence-electron chi connectivity index (χ4n) is 2.43. The van der Waals surface area contributed by atoms with Gasteiger partial charge in [-0.15, -0.1) is 10.2 Å². The Labute approximate surface area is 166 Å². The highest BCUT2D eigenvalue weighted by Crippen LogP contribution is 2.22. The van der Waals surface area contributed by atoms with E-state index in [1.54, 1.807) is 19.2 Å². The number of ether oxygens (including phenoxy) is 1. The molecule has 0 radical (unpaired) electrons. The molecule has 3 rings (SSSR count). The molecule has 140 valence electrons. The van der Waals surface area contributed by atoms with Crippen LogP contribution in [0.3, 0.4) is 0 Å². The third-order valence-corrected chi connectivity index (χ3v) is 5.28. The fraction of sp³-hybridized carbons (Fsp3) is 0.211. The van der Waals surface area contributed by atoms with E-state index in [2.05, 4.69) is 15.5 Å². The molecule has 0 atom stereocenters. The molecule has 0 saturated carbocycles. The van der Waals surface area contributed by atoms with Gasteiger partial charge in [-0.3, -0.25) is 4.79 Å². The summed E-state index contributed by atoms with van der Waals surface area (Å²) in [5.41, 5.74) is 1.71. The molecule has 2 aromatic carbocycles. The van der Waals surface area contributed by atoms with Gasteiger partial charge in [-0.05, 0) is 29.8 Å². The van der Waals surface area contributed by atoms with Crippen molar-refractivity contribution in [2.45, 2.75) is 11.6 Å². The van der Waals surface area contributed by atoms with Crippen molar-refractivity contribution in [3.8, 4) is 5.75 Å². The van der Waals surface area contributed by atoms with E-state index in [0.717, 1.165) is 17.1 Å². The molecule has 1 amide bonds. The van der Waals surface area contributed by atoms with Crippen LogP contribution < -0.4 is 10.1 Å². The number of aromatic nitrogens is 3. The molecular formula is C19H19ClN4O2S. The smallest absolute Gasteiger partial charge is 0.234 e. The lowest BCUT2D eigenvalue weighted by atomic mass is 10.1. The van der Waals surface area contributed by atoms with E-state index < -0.39 is 0 Å². The maximum atomic E-state index is 12.1. The first-order valence-corrected chi connectivity index (χ1v) is 9.61. The number of nitrogens with one attached hydrogen (secondary N) is 1. The van der Waals surface area contributed by atoms with Crippen molar-refractivity contribution >= 4 is 35.0 Å². The summed E-state index contributed by atoms with van der Waals surface area (Å²) in [6.07, 6.45) is 0.653. The van der Waals surface area contributed by atoms with Crippen molar-refractivity contribution in [2.75, 3.05) is 18.2 Å². The number of rotatable bonds is 7. The summed E-state index contributed by atoms with van der Waals surface area (Å²) in [5.74, 6) is 1.72. The topological polar surface area (TPSA) is 69.0 Å². The van der Waals surface area contributed by atoms with Crippen molar-refractivity contribution < 1.29 is 9.53 Å². The van der Waals surface area contributed by atoms with Crippen molar-refractivity contribution in [3.63, 3.8) is 0 Å². The molecule has 0 aliphatic rings. The normalized spacial score (nSPS) is 10.6. The van der Waals surface area contributed by atoms with E-state index in [1.807, 2.05) is 48.0 Å². The number of hydrogen-bond acceptors (Lipinski definition) is 5. The average Bonchev–Trinajstić information content (AvgIpc) is 3.02. The van der Waals surface area contributed by atoms with Crippen LogP contribution in [0.4, 0.5) is 5.69 Å². The Kier molecular flexibility index (Phi) is 6.36. The second-order valence-electron chi connectivity index (χ2n) is 5.80. The monoisotopic (exact) mass is 402 g/mol. The molecule has 1 N–H and O–H groups in total. The fourth-order valence-corrected chi connectivity index (χ4v) is 3.34. The lowest BCUT2D eigenvalue weighted by molar-refractivity contribution is -0.113. The number of nitrogens with zero attached hydrogens (tertiary/aromatic N) is 3. The Morgan fingerprint density at radius 2 is 1.93 bits per heavy atom. The van der Waals surface area contributed by atoms with Crippen LogP contribution in [0.25, 0.3) is 0 Å².